The van der Waals surface area contributed by atoms with Crippen molar-refractivity contribution in [3.8, 4) is 0 Å². The highest BCUT2D eigenvalue weighted by atomic mass is 16.2. The van der Waals surface area contributed by atoms with Crippen molar-refractivity contribution in [3.05, 3.63) is 41.6 Å². The molecular formula is C16H19N7O2. The van der Waals surface area contributed by atoms with Gasteiger partial charge in [-0.1, -0.05) is 6.07 Å². The molecule has 9 heteroatoms. The summed E-state index contributed by atoms with van der Waals surface area (Å²) in [5.41, 5.74) is 2.98. The third-order valence-corrected chi connectivity index (χ3v) is 3.77. The van der Waals surface area contributed by atoms with Crippen LogP contribution in [0, 0.1) is 13.8 Å². The molecule has 0 saturated heterocycles. The van der Waals surface area contributed by atoms with Gasteiger partial charge in [0.2, 0.25) is 11.9 Å². The first-order valence-electron chi connectivity index (χ1n) is 7.94. The second kappa shape index (κ2) is 7.12. The van der Waals surface area contributed by atoms with E-state index in [9.17, 15) is 9.59 Å². The molecule has 0 unspecified atom stereocenters. The maximum absolute atomic E-state index is 12.5. The Kier molecular flexibility index (Phi) is 4.73. The summed E-state index contributed by atoms with van der Waals surface area (Å²) in [6, 6.07) is 3.84. The monoisotopic (exact) mass is 341 g/mol. The molecule has 0 aliphatic rings. The molecule has 3 aromatic rings. The van der Waals surface area contributed by atoms with Crippen LogP contribution in [0.25, 0.3) is 5.65 Å². The Morgan fingerprint density at radius 2 is 2.16 bits per heavy atom. The number of aromatic nitrogens is 5. The van der Waals surface area contributed by atoms with Gasteiger partial charge < -0.3 is 5.32 Å². The van der Waals surface area contributed by atoms with Crippen LogP contribution in [0.4, 0.5) is 5.95 Å². The van der Waals surface area contributed by atoms with Crippen molar-refractivity contribution >= 4 is 23.4 Å². The fourth-order valence-electron chi connectivity index (χ4n) is 2.59. The molecule has 9 nitrogen and oxygen atoms in total. The van der Waals surface area contributed by atoms with Crippen molar-refractivity contribution in [3.63, 3.8) is 0 Å². The van der Waals surface area contributed by atoms with Gasteiger partial charge in [-0.3, -0.25) is 19.3 Å². The molecule has 0 fully saturated rings. The number of pyridine rings is 1. The van der Waals surface area contributed by atoms with Gasteiger partial charge in [-0.05, 0) is 31.9 Å². The highest BCUT2D eigenvalue weighted by molar-refractivity contribution is 5.95. The van der Waals surface area contributed by atoms with Crippen LogP contribution in [0.1, 0.15) is 34.6 Å². The summed E-state index contributed by atoms with van der Waals surface area (Å²) in [4.78, 5) is 32.4. The van der Waals surface area contributed by atoms with E-state index in [-0.39, 0.29) is 18.2 Å². The van der Waals surface area contributed by atoms with Crippen molar-refractivity contribution < 1.29 is 9.59 Å². The van der Waals surface area contributed by atoms with Crippen LogP contribution in [-0.2, 0) is 4.79 Å². The van der Waals surface area contributed by atoms with Crippen LogP contribution >= 0.6 is 0 Å². The molecule has 2 amide bonds. The molecule has 130 valence electrons. The van der Waals surface area contributed by atoms with Gasteiger partial charge in [-0.15, -0.1) is 0 Å². The van der Waals surface area contributed by atoms with Gasteiger partial charge in [0.15, 0.2) is 0 Å². The van der Waals surface area contributed by atoms with Crippen LogP contribution in [0.5, 0.6) is 0 Å². The smallest absolute Gasteiger partial charge is 0.270 e. The minimum Gasteiger partial charge on any atom is -0.351 e. The van der Waals surface area contributed by atoms with Crippen LogP contribution in [-0.4, -0.2) is 42.9 Å². The molecule has 3 aromatic heterocycles. The van der Waals surface area contributed by atoms with E-state index < -0.39 is 0 Å². The highest BCUT2D eigenvalue weighted by Crippen LogP contribution is 2.15. The average molecular weight is 341 g/mol. The second-order valence-corrected chi connectivity index (χ2v) is 5.67. The van der Waals surface area contributed by atoms with Gasteiger partial charge in [-0.25, -0.2) is 10.1 Å². The lowest BCUT2D eigenvalue weighted by Crippen LogP contribution is -2.27. The van der Waals surface area contributed by atoms with Crippen molar-refractivity contribution in [2.24, 2.45) is 0 Å². The van der Waals surface area contributed by atoms with Gasteiger partial charge in [0.05, 0.1) is 5.69 Å². The first kappa shape index (κ1) is 16.6. The first-order valence-corrected chi connectivity index (χ1v) is 7.94. The number of amides is 2. The van der Waals surface area contributed by atoms with Gasteiger partial charge in [0, 0.05) is 19.2 Å². The zero-order chi connectivity index (χ0) is 17.8. The maximum atomic E-state index is 12.5. The second-order valence-electron chi connectivity index (χ2n) is 5.67. The number of nitrogens with zero attached hydrogens (tertiary/aromatic N) is 4. The van der Waals surface area contributed by atoms with E-state index in [0.717, 1.165) is 11.2 Å². The fraction of sp³-hybridized carbons (Fsp3) is 0.312. The Balaban J connectivity index is 1.54. The zero-order valence-corrected chi connectivity index (χ0v) is 14.0. The normalized spacial score (nSPS) is 10.8. The van der Waals surface area contributed by atoms with E-state index in [1.807, 2.05) is 32.2 Å². The standard InChI is InChI=1S/C16H19N7O2/c1-10-5-4-8-23-13(11(2)20-14(10)23)15(25)17-7-3-6-12(24)21-16-18-9-19-22-16/h4-5,8-9H,3,6-7H2,1-2H3,(H,17,25)(H2,18,19,21,22,24). The van der Waals surface area contributed by atoms with Crippen molar-refractivity contribution in [2.45, 2.75) is 26.7 Å². The van der Waals surface area contributed by atoms with E-state index in [2.05, 4.69) is 30.8 Å². The minimum atomic E-state index is -0.203. The molecule has 0 saturated carbocycles. The van der Waals surface area contributed by atoms with E-state index in [1.54, 1.807) is 4.40 Å². The first-order chi connectivity index (χ1) is 12.1. The molecule has 0 bridgehead atoms. The van der Waals surface area contributed by atoms with Crippen molar-refractivity contribution in [2.75, 3.05) is 11.9 Å². The Bertz CT molecular complexity index is 899. The largest absolute Gasteiger partial charge is 0.351 e. The number of aromatic amines is 1. The third-order valence-electron chi connectivity index (χ3n) is 3.77. The molecular weight excluding hydrogens is 322 g/mol. The van der Waals surface area contributed by atoms with Crippen LogP contribution in [0.2, 0.25) is 0 Å². The molecule has 0 aliphatic heterocycles. The molecule has 25 heavy (non-hydrogen) atoms. The summed E-state index contributed by atoms with van der Waals surface area (Å²) in [6.07, 6.45) is 3.92. The summed E-state index contributed by atoms with van der Waals surface area (Å²) in [7, 11) is 0. The number of imidazole rings is 1. The fourth-order valence-corrected chi connectivity index (χ4v) is 2.59. The zero-order valence-electron chi connectivity index (χ0n) is 14.0. The molecule has 0 aliphatic carbocycles. The number of carbonyl (C=O) groups excluding carboxylic acids is 2. The predicted molar refractivity (Wildman–Crippen MR) is 91.2 cm³/mol. The Hall–Kier alpha value is -3.23. The number of hydrogen-bond acceptors (Lipinski definition) is 5. The number of rotatable bonds is 6. The number of fused-ring (bicyclic) bond motifs is 1. The van der Waals surface area contributed by atoms with Gasteiger partial charge in [0.25, 0.3) is 5.91 Å². The summed E-state index contributed by atoms with van der Waals surface area (Å²) in [6.45, 7) is 4.16. The lowest BCUT2D eigenvalue weighted by atomic mass is 10.2. The lowest BCUT2D eigenvalue weighted by Gasteiger charge is -2.06. The summed E-state index contributed by atoms with van der Waals surface area (Å²) >= 11 is 0. The molecule has 0 aromatic carbocycles. The molecule has 3 heterocycles. The Morgan fingerprint density at radius 1 is 1.32 bits per heavy atom. The Labute approximate surface area is 143 Å². The number of carbonyl (C=O) groups is 2. The van der Waals surface area contributed by atoms with Crippen molar-refractivity contribution in [1.29, 1.82) is 0 Å². The van der Waals surface area contributed by atoms with Crippen molar-refractivity contribution in [1.82, 2.24) is 29.9 Å². The maximum Gasteiger partial charge on any atom is 0.270 e. The number of anilines is 1. The molecule has 0 spiro atoms. The van der Waals surface area contributed by atoms with E-state index in [0.29, 0.717) is 30.3 Å². The van der Waals surface area contributed by atoms with Gasteiger partial charge in [0.1, 0.15) is 17.7 Å². The number of hydrogen-bond donors (Lipinski definition) is 3. The Morgan fingerprint density at radius 3 is 2.92 bits per heavy atom. The van der Waals surface area contributed by atoms with Gasteiger partial charge >= 0.3 is 0 Å². The highest BCUT2D eigenvalue weighted by Gasteiger charge is 2.17. The number of H-pyrrole nitrogens is 1. The number of nitrogens with one attached hydrogen (secondary N) is 3. The van der Waals surface area contributed by atoms with Gasteiger partial charge in [-0.2, -0.15) is 10.1 Å². The van der Waals surface area contributed by atoms with Crippen LogP contribution in [0.3, 0.4) is 0 Å². The minimum absolute atomic E-state index is 0.187. The summed E-state index contributed by atoms with van der Waals surface area (Å²) in [5, 5.41) is 11.6. The van der Waals surface area contributed by atoms with E-state index in [4.69, 9.17) is 0 Å². The lowest BCUT2D eigenvalue weighted by molar-refractivity contribution is -0.116. The quantitative estimate of drug-likeness (QED) is 0.583. The third kappa shape index (κ3) is 3.65. The van der Waals surface area contributed by atoms with E-state index >= 15 is 0 Å². The predicted octanol–water partition coefficient (Wildman–Crippen LogP) is 1.22. The molecule has 3 rings (SSSR count). The molecule has 0 radical (unpaired) electrons. The average Bonchev–Trinajstić information content (AvgIpc) is 3.19. The summed E-state index contributed by atoms with van der Waals surface area (Å²) < 4.78 is 1.79. The van der Waals surface area contributed by atoms with E-state index in [1.165, 1.54) is 6.33 Å². The topological polar surface area (TPSA) is 117 Å². The SMILES string of the molecule is Cc1nc2c(C)cccn2c1C(=O)NCCCC(=O)Nc1ncn[nH]1. The molecule has 3 N–H and O–H groups in total. The van der Waals surface area contributed by atoms with Crippen LogP contribution < -0.4 is 10.6 Å². The molecule has 0 atom stereocenters. The summed E-state index contributed by atoms with van der Waals surface area (Å²) in [5.74, 6) is -0.0791. The number of aryl methyl sites for hydroxylation is 2. The van der Waals surface area contributed by atoms with Crippen LogP contribution in [0.15, 0.2) is 24.7 Å².